The molecule has 3 aliphatic rings. The molecule has 2 unspecified atom stereocenters. The number of anilines is 1. The number of carbonyl (C=O) groups is 3. The number of ether oxygens (including phenoxy) is 6. The van der Waals surface area contributed by atoms with Crippen molar-refractivity contribution in [2.75, 3.05) is 84.4 Å². The Morgan fingerprint density at radius 1 is 0.750 bits per heavy atom. The molecule has 0 saturated carbocycles. The fraction of sp³-hybridized carbons (Fsp3) is 0.432. The van der Waals surface area contributed by atoms with Gasteiger partial charge in [-0.2, -0.15) is 0 Å². The summed E-state index contributed by atoms with van der Waals surface area (Å²) < 4.78 is 47.6. The maximum absolute atomic E-state index is 14.7. The Morgan fingerprint density at radius 2 is 1.19 bits per heavy atom. The van der Waals surface area contributed by atoms with Crippen LogP contribution in [0.15, 0.2) is 60.7 Å². The van der Waals surface area contributed by atoms with Gasteiger partial charge >= 0.3 is 12.3 Å². The number of hydrogen-bond donors (Lipinski definition) is 3. The Bertz CT molecular complexity index is 1620. The molecule has 52 heavy (non-hydrogen) atoms. The van der Waals surface area contributed by atoms with Gasteiger partial charge in [-0.1, -0.05) is 30.3 Å². The molecular formula is C37H42FN3O11. The Balaban J connectivity index is 1.25. The fourth-order valence-corrected chi connectivity index (χ4v) is 6.95. The van der Waals surface area contributed by atoms with Gasteiger partial charge in [0.15, 0.2) is 0 Å². The minimum atomic E-state index is -1.36. The van der Waals surface area contributed by atoms with Gasteiger partial charge in [0.05, 0.1) is 44.2 Å². The van der Waals surface area contributed by atoms with E-state index >= 15 is 0 Å². The van der Waals surface area contributed by atoms with Gasteiger partial charge in [-0.3, -0.25) is 14.6 Å². The average Bonchev–Trinajstić information content (AvgIpc) is 3.47. The summed E-state index contributed by atoms with van der Waals surface area (Å²) in [6.07, 6.45) is -2.72. The van der Waals surface area contributed by atoms with Crippen molar-refractivity contribution in [3.63, 3.8) is 0 Å². The van der Waals surface area contributed by atoms with Crippen LogP contribution >= 0.6 is 0 Å². The van der Waals surface area contributed by atoms with E-state index in [4.69, 9.17) is 38.6 Å². The number of hydrogen-bond acceptors (Lipinski definition) is 11. The van der Waals surface area contributed by atoms with E-state index < -0.39 is 23.5 Å². The van der Waals surface area contributed by atoms with Gasteiger partial charge in [-0.25, -0.2) is 14.0 Å². The summed E-state index contributed by atoms with van der Waals surface area (Å²) in [6, 6.07) is 16.5. The van der Waals surface area contributed by atoms with E-state index in [1.54, 1.807) is 61.5 Å². The number of benzene rings is 3. The standard InChI is InChI=1S/C37H42FN3O11/c1-24-32(38)11-10-31-33(24)39-34(42)37(31,25-2-6-29(7-3-25)49-20-27(22-51-35(43)44)40-12-16-47-17-13-40)26-4-8-30(9-5-26)50-21-28(23-52-36(45)46)41-14-18-48-19-15-41/h2-11,27-28H,12-23H2,1H3,(H,39,42)(H,43,44)(H,45,46). The van der Waals surface area contributed by atoms with Gasteiger partial charge < -0.3 is 44.0 Å². The fourth-order valence-electron chi connectivity index (χ4n) is 6.95. The van der Waals surface area contributed by atoms with Crippen LogP contribution in [0.3, 0.4) is 0 Å². The maximum atomic E-state index is 14.7. The number of carboxylic acid groups (broad SMARTS) is 2. The van der Waals surface area contributed by atoms with E-state index in [2.05, 4.69) is 15.1 Å². The third-order valence-corrected chi connectivity index (χ3v) is 9.76. The summed E-state index contributed by atoms with van der Waals surface area (Å²) in [7, 11) is 0. The third kappa shape index (κ3) is 8.07. The van der Waals surface area contributed by atoms with Crippen molar-refractivity contribution in [3.8, 4) is 11.5 Å². The van der Waals surface area contributed by atoms with Gasteiger partial charge in [-0.05, 0) is 48.4 Å². The smallest absolute Gasteiger partial charge is 0.492 e. The van der Waals surface area contributed by atoms with E-state index in [0.29, 0.717) is 92.0 Å². The van der Waals surface area contributed by atoms with E-state index in [0.717, 1.165) is 0 Å². The van der Waals surface area contributed by atoms with Crippen LogP contribution in [-0.2, 0) is 29.2 Å². The number of nitrogens with zero attached hydrogens (tertiary/aromatic N) is 2. The van der Waals surface area contributed by atoms with Crippen LogP contribution in [0.2, 0.25) is 0 Å². The molecule has 3 aromatic carbocycles. The first-order valence-corrected chi connectivity index (χ1v) is 17.1. The largest absolute Gasteiger partial charge is 0.505 e. The lowest BCUT2D eigenvalue weighted by atomic mass is 9.70. The molecule has 1 amide bonds. The number of morpholine rings is 2. The van der Waals surface area contributed by atoms with Crippen molar-refractivity contribution in [2.45, 2.75) is 24.4 Å². The van der Waals surface area contributed by atoms with Crippen LogP contribution in [0.5, 0.6) is 11.5 Å². The van der Waals surface area contributed by atoms with E-state index in [1.165, 1.54) is 6.07 Å². The first-order valence-electron chi connectivity index (χ1n) is 17.1. The van der Waals surface area contributed by atoms with Gasteiger partial charge in [0.25, 0.3) is 0 Å². The summed E-state index contributed by atoms with van der Waals surface area (Å²) in [5, 5.41) is 21.1. The lowest BCUT2D eigenvalue weighted by Gasteiger charge is -2.33. The SMILES string of the molecule is Cc1c(F)ccc2c1NC(=O)C2(c1ccc(OCC(COC(=O)O)N2CCOCC2)cc1)c1ccc(OCC(COC(=O)O)N2CCOCC2)cc1. The summed E-state index contributed by atoms with van der Waals surface area (Å²) in [5.41, 5.74) is 1.21. The Hall–Kier alpha value is -4.96. The number of fused-ring (bicyclic) bond motifs is 1. The molecule has 3 N–H and O–H groups in total. The lowest BCUT2D eigenvalue weighted by Crippen LogP contribution is -2.48. The average molecular weight is 724 g/mol. The highest BCUT2D eigenvalue weighted by molar-refractivity contribution is 6.12. The topological polar surface area (TPSA) is 166 Å². The zero-order valence-corrected chi connectivity index (χ0v) is 28.8. The van der Waals surface area contributed by atoms with E-state index in [-0.39, 0.29) is 44.4 Å². The summed E-state index contributed by atoms with van der Waals surface area (Å²) in [4.78, 5) is 40.5. The molecule has 3 aromatic rings. The van der Waals surface area contributed by atoms with Crippen LogP contribution in [0.25, 0.3) is 0 Å². The molecule has 0 aromatic heterocycles. The first kappa shape index (κ1) is 36.8. The first-order chi connectivity index (χ1) is 25.2. The highest BCUT2D eigenvalue weighted by Gasteiger charge is 2.50. The predicted octanol–water partition coefficient (Wildman–Crippen LogP) is 3.97. The lowest BCUT2D eigenvalue weighted by molar-refractivity contribution is -0.118. The van der Waals surface area contributed by atoms with Crippen LogP contribution < -0.4 is 14.8 Å². The predicted molar refractivity (Wildman–Crippen MR) is 184 cm³/mol. The summed E-state index contributed by atoms with van der Waals surface area (Å²) in [6.45, 7) is 6.38. The molecule has 2 fully saturated rings. The minimum absolute atomic E-state index is 0.0624. The van der Waals surface area contributed by atoms with Crippen molar-refractivity contribution in [1.29, 1.82) is 0 Å². The van der Waals surface area contributed by atoms with Crippen LogP contribution in [0.1, 0.15) is 22.3 Å². The molecule has 15 heteroatoms. The second-order valence-corrected chi connectivity index (χ2v) is 12.7. The van der Waals surface area contributed by atoms with Crippen LogP contribution in [-0.4, -0.2) is 129 Å². The Labute approximate surface area is 299 Å². The molecule has 0 spiro atoms. The van der Waals surface area contributed by atoms with Gasteiger partial charge in [0.1, 0.15) is 49.2 Å². The third-order valence-electron chi connectivity index (χ3n) is 9.76. The molecule has 3 aliphatic heterocycles. The van der Waals surface area contributed by atoms with Crippen molar-refractivity contribution >= 4 is 23.9 Å². The molecule has 6 rings (SSSR count). The zero-order valence-electron chi connectivity index (χ0n) is 28.8. The number of nitrogens with one attached hydrogen (secondary N) is 1. The molecule has 0 bridgehead atoms. The molecule has 2 saturated heterocycles. The molecule has 0 aliphatic carbocycles. The maximum Gasteiger partial charge on any atom is 0.505 e. The second kappa shape index (κ2) is 16.6. The number of carbonyl (C=O) groups excluding carboxylic acids is 1. The normalized spacial score (nSPS) is 20.3. The van der Waals surface area contributed by atoms with E-state index in [9.17, 15) is 18.8 Å². The molecule has 0 radical (unpaired) electrons. The molecule has 278 valence electrons. The Kier molecular flexibility index (Phi) is 11.7. The van der Waals surface area contributed by atoms with Crippen molar-refractivity contribution in [1.82, 2.24) is 9.80 Å². The van der Waals surface area contributed by atoms with Crippen molar-refractivity contribution in [3.05, 3.63) is 88.7 Å². The van der Waals surface area contributed by atoms with Crippen LogP contribution in [0.4, 0.5) is 19.7 Å². The van der Waals surface area contributed by atoms with E-state index in [1.807, 2.05) is 0 Å². The number of amides is 1. The number of rotatable bonds is 14. The molecular weight excluding hydrogens is 681 g/mol. The highest BCUT2D eigenvalue weighted by Crippen LogP contribution is 2.49. The van der Waals surface area contributed by atoms with Gasteiger partial charge in [-0.15, -0.1) is 0 Å². The van der Waals surface area contributed by atoms with Crippen molar-refractivity contribution < 1.29 is 57.4 Å². The second-order valence-electron chi connectivity index (χ2n) is 12.7. The summed E-state index contributed by atoms with van der Waals surface area (Å²) >= 11 is 0. The number of halogens is 1. The van der Waals surface area contributed by atoms with Gasteiger partial charge in [0.2, 0.25) is 5.91 Å². The monoisotopic (exact) mass is 723 g/mol. The minimum Gasteiger partial charge on any atom is -0.492 e. The quantitative estimate of drug-likeness (QED) is 0.205. The van der Waals surface area contributed by atoms with Gasteiger partial charge in [0, 0.05) is 37.3 Å². The highest BCUT2D eigenvalue weighted by atomic mass is 19.1. The summed E-state index contributed by atoms with van der Waals surface area (Å²) in [5.74, 6) is 0.222. The zero-order chi connectivity index (χ0) is 36.7. The molecule has 2 atom stereocenters. The molecule has 3 heterocycles. The van der Waals surface area contributed by atoms with Crippen molar-refractivity contribution in [2.24, 2.45) is 0 Å². The molecule has 14 nitrogen and oxygen atoms in total. The van der Waals surface area contributed by atoms with Crippen LogP contribution in [0, 0.1) is 12.7 Å². The Morgan fingerprint density at radius 3 is 1.62 bits per heavy atom.